The number of hydrogen-bond donors (Lipinski definition) is 1. The number of carbonyl (C=O) groups excluding carboxylic acids is 3. The van der Waals surface area contributed by atoms with Crippen molar-refractivity contribution in [3.05, 3.63) is 64.7 Å². The second kappa shape index (κ2) is 8.59. The maximum Gasteiger partial charge on any atom is 0.325 e. The molecule has 2 heterocycles. The molecule has 8 heteroatoms. The van der Waals surface area contributed by atoms with Crippen molar-refractivity contribution in [3.63, 3.8) is 0 Å². The largest absolute Gasteiger partial charge is 0.494 e. The topological polar surface area (TPSA) is 79.0 Å². The van der Waals surface area contributed by atoms with Gasteiger partial charge < -0.3 is 15.0 Å². The van der Waals surface area contributed by atoms with Crippen molar-refractivity contribution in [1.82, 2.24) is 15.1 Å². The van der Waals surface area contributed by atoms with Crippen LogP contribution in [0.3, 0.4) is 0 Å². The highest BCUT2D eigenvalue weighted by molar-refractivity contribution is 6.30. The van der Waals surface area contributed by atoms with Gasteiger partial charge in [0.05, 0.1) is 19.7 Å². The molecule has 1 N–H and O–H groups in total. The van der Waals surface area contributed by atoms with E-state index in [0.717, 1.165) is 5.56 Å². The lowest BCUT2D eigenvalue weighted by Gasteiger charge is -2.38. The molecule has 0 aliphatic carbocycles. The first-order valence-electron chi connectivity index (χ1n) is 10.3. The van der Waals surface area contributed by atoms with Gasteiger partial charge in [-0.1, -0.05) is 23.7 Å². The Labute approximate surface area is 185 Å². The summed E-state index contributed by atoms with van der Waals surface area (Å²) in [5, 5.41) is 3.40. The van der Waals surface area contributed by atoms with Crippen LogP contribution in [-0.2, 0) is 11.3 Å². The normalized spacial score (nSPS) is 20.8. The van der Waals surface area contributed by atoms with Crippen LogP contribution < -0.4 is 10.1 Å². The smallest absolute Gasteiger partial charge is 0.325 e. The molecule has 162 valence electrons. The Bertz CT molecular complexity index is 1010. The van der Waals surface area contributed by atoms with E-state index in [1.165, 1.54) is 4.90 Å². The van der Waals surface area contributed by atoms with Gasteiger partial charge in [0.25, 0.3) is 11.8 Å². The highest BCUT2D eigenvalue weighted by Gasteiger charge is 2.53. The molecule has 1 unspecified atom stereocenters. The number of likely N-dealkylation sites (tertiary alicyclic amines) is 1. The molecule has 4 amide bonds. The van der Waals surface area contributed by atoms with Gasteiger partial charge >= 0.3 is 6.03 Å². The number of benzene rings is 2. The number of imide groups is 1. The molecular weight excluding hydrogens is 418 g/mol. The molecule has 0 saturated carbocycles. The summed E-state index contributed by atoms with van der Waals surface area (Å²) < 4.78 is 5.43. The maximum atomic E-state index is 13.3. The van der Waals surface area contributed by atoms with Crippen molar-refractivity contribution < 1.29 is 19.1 Å². The lowest BCUT2D eigenvalue weighted by Crippen LogP contribution is -2.59. The molecule has 4 rings (SSSR count). The van der Waals surface area contributed by atoms with Gasteiger partial charge in [0, 0.05) is 17.1 Å². The van der Waals surface area contributed by atoms with E-state index in [2.05, 4.69) is 5.32 Å². The molecule has 1 atom stereocenters. The fraction of sp³-hybridized carbons (Fsp3) is 0.348. The van der Waals surface area contributed by atoms with Crippen molar-refractivity contribution in [1.29, 1.82) is 0 Å². The number of ether oxygens (including phenoxy) is 1. The molecule has 7 nitrogen and oxygen atoms in total. The lowest BCUT2D eigenvalue weighted by atomic mass is 9.88. The monoisotopic (exact) mass is 441 g/mol. The standard InChI is InChI=1S/C23H24ClN3O4/c1-2-31-19-9-7-17(8-10-19)20(28)26-12-4-11-23(15-26)21(29)27(22(30)25-23)14-16-5-3-6-18(24)13-16/h3,5-10,13H,2,4,11-12,14-15H2,1H3,(H,25,30). The van der Waals surface area contributed by atoms with E-state index in [-0.39, 0.29) is 24.9 Å². The predicted molar refractivity (Wildman–Crippen MR) is 116 cm³/mol. The van der Waals surface area contributed by atoms with Gasteiger partial charge in [0.15, 0.2) is 0 Å². The molecule has 1 spiro atoms. The molecular formula is C23H24ClN3O4. The minimum Gasteiger partial charge on any atom is -0.494 e. The molecule has 2 saturated heterocycles. The zero-order valence-corrected chi connectivity index (χ0v) is 18.0. The van der Waals surface area contributed by atoms with E-state index in [4.69, 9.17) is 16.3 Å². The second-order valence-electron chi connectivity index (χ2n) is 7.82. The molecule has 2 aromatic rings. The molecule has 0 radical (unpaired) electrons. The minimum absolute atomic E-state index is 0.139. The van der Waals surface area contributed by atoms with Crippen molar-refractivity contribution in [2.45, 2.75) is 31.8 Å². The summed E-state index contributed by atoms with van der Waals surface area (Å²) in [6.45, 7) is 3.27. The van der Waals surface area contributed by atoms with Crippen LogP contribution in [0, 0.1) is 0 Å². The van der Waals surface area contributed by atoms with Crippen molar-refractivity contribution >= 4 is 29.4 Å². The third-order valence-corrected chi connectivity index (χ3v) is 5.90. The van der Waals surface area contributed by atoms with Gasteiger partial charge in [-0.2, -0.15) is 0 Å². The molecule has 2 aromatic carbocycles. The van der Waals surface area contributed by atoms with Crippen LogP contribution in [0.2, 0.25) is 5.02 Å². The maximum absolute atomic E-state index is 13.3. The first-order valence-corrected chi connectivity index (χ1v) is 10.7. The van der Waals surface area contributed by atoms with E-state index in [0.29, 0.717) is 42.3 Å². The molecule has 0 aromatic heterocycles. The number of amides is 4. The predicted octanol–water partition coefficient (Wildman–Crippen LogP) is 3.47. The quantitative estimate of drug-likeness (QED) is 0.720. The lowest BCUT2D eigenvalue weighted by molar-refractivity contribution is -0.133. The average molecular weight is 442 g/mol. The summed E-state index contributed by atoms with van der Waals surface area (Å²) in [6, 6.07) is 13.6. The number of urea groups is 1. The minimum atomic E-state index is -1.09. The third-order valence-electron chi connectivity index (χ3n) is 5.67. The van der Waals surface area contributed by atoms with Crippen LogP contribution in [0.4, 0.5) is 4.79 Å². The molecule has 2 fully saturated rings. The SMILES string of the molecule is CCOc1ccc(C(=O)N2CCCC3(C2)NC(=O)N(Cc2cccc(Cl)c2)C3=O)cc1. The zero-order chi connectivity index (χ0) is 22.0. The number of rotatable bonds is 5. The van der Waals surface area contributed by atoms with Crippen molar-refractivity contribution in [2.24, 2.45) is 0 Å². The van der Waals surface area contributed by atoms with Crippen LogP contribution in [-0.4, -0.2) is 52.9 Å². The van der Waals surface area contributed by atoms with E-state index >= 15 is 0 Å². The molecule has 2 aliphatic heterocycles. The number of nitrogens with zero attached hydrogens (tertiary/aromatic N) is 2. The first kappa shape index (κ1) is 21.2. The average Bonchev–Trinajstić information content (AvgIpc) is 2.98. The Hall–Kier alpha value is -3.06. The Morgan fingerprint density at radius 1 is 1.19 bits per heavy atom. The van der Waals surface area contributed by atoms with Crippen LogP contribution in [0.25, 0.3) is 0 Å². The Balaban J connectivity index is 1.49. The summed E-state index contributed by atoms with van der Waals surface area (Å²) >= 11 is 6.03. The number of hydrogen-bond acceptors (Lipinski definition) is 4. The van der Waals surface area contributed by atoms with Gasteiger partial charge in [-0.25, -0.2) is 4.79 Å². The number of nitrogens with one attached hydrogen (secondary N) is 1. The second-order valence-corrected chi connectivity index (χ2v) is 8.26. The van der Waals surface area contributed by atoms with E-state index in [1.807, 2.05) is 13.0 Å². The highest BCUT2D eigenvalue weighted by Crippen LogP contribution is 2.30. The zero-order valence-electron chi connectivity index (χ0n) is 17.3. The van der Waals surface area contributed by atoms with Gasteiger partial charge in [0.1, 0.15) is 11.3 Å². The number of carbonyl (C=O) groups is 3. The Morgan fingerprint density at radius 3 is 2.68 bits per heavy atom. The van der Waals surface area contributed by atoms with E-state index in [9.17, 15) is 14.4 Å². The summed E-state index contributed by atoms with van der Waals surface area (Å²) in [7, 11) is 0. The van der Waals surface area contributed by atoms with Gasteiger partial charge in [0.2, 0.25) is 0 Å². The summed E-state index contributed by atoms with van der Waals surface area (Å²) in [5.41, 5.74) is 0.203. The van der Waals surface area contributed by atoms with Crippen LogP contribution in [0.5, 0.6) is 5.75 Å². The molecule has 0 bridgehead atoms. The van der Waals surface area contributed by atoms with E-state index < -0.39 is 11.6 Å². The molecule has 2 aliphatic rings. The fourth-order valence-electron chi connectivity index (χ4n) is 4.19. The van der Waals surface area contributed by atoms with E-state index in [1.54, 1.807) is 47.4 Å². The van der Waals surface area contributed by atoms with Crippen molar-refractivity contribution in [2.75, 3.05) is 19.7 Å². The Kier molecular flexibility index (Phi) is 5.87. The summed E-state index contributed by atoms with van der Waals surface area (Å²) in [4.78, 5) is 41.8. The van der Waals surface area contributed by atoms with Crippen molar-refractivity contribution in [3.8, 4) is 5.75 Å². The van der Waals surface area contributed by atoms with Crippen LogP contribution in [0.15, 0.2) is 48.5 Å². The Morgan fingerprint density at radius 2 is 1.97 bits per heavy atom. The van der Waals surface area contributed by atoms with Gasteiger partial charge in [-0.15, -0.1) is 0 Å². The number of halogens is 1. The number of piperidine rings is 1. The first-order chi connectivity index (χ1) is 14.9. The highest BCUT2D eigenvalue weighted by atomic mass is 35.5. The fourth-order valence-corrected chi connectivity index (χ4v) is 4.40. The van der Waals surface area contributed by atoms with Gasteiger partial charge in [-0.05, 0) is 61.7 Å². The molecule has 31 heavy (non-hydrogen) atoms. The summed E-state index contributed by atoms with van der Waals surface area (Å²) in [5.74, 6) is 0.225. The van der Waals surface area contributed by atoms with Crippen LogP contribution >= 0.6 is 11.6 Å². The third kappa shape index (κ3) is 4.23. The van der Waals surface area contributed by atoms with Crippen LogP contribution in [0.1, 0.15) is 35.7 Å². The summed E-state index contributed by atoms with van der Waals surface area (Å²) in [6.07, 6.45) is 1.12. The van der Waals surface area contributed by atoms with Gasteiger partial charge in [-0.3, -0.25) is 14.5 Å².